The zero-order valence-electron chi connectivity index (χ0n) is 14.0. The number of aromatic nitrogens is 3. The molecule has 2 aromatic heterocycles. The second kappa shape index (κ2) is 7.48. The molecule has 0 fully saturated rings. The predicted octanol–water partition coefficient (Wildman–Crippen LogP) is 3.82. The van der Waals surface area contributed by atoms with Gasteiger partial charge in [-0.15, -0.1) is 21.5 Å². The highest BCUT2D eigenvalue weighted by molar-refractivity contribution is 7.99. The van der Waals surface area contributed by atoms with Gasteiger partial charge in [0.25, 0.3) is 11.1 Å². The molecule has 0 aromatic carbocycles. The minimum absolute atomic E-state index is 0.0835. The Morgan fingerprint density at radius 1 is 1.42 bits per heavy atom. The van der Waals surface area contributed by atoms with E-state index in [1.807, 2.05) is 25.7 Å². The van der Waals surface area contributed by atoms with E-state index in [0.29, 0.717) is 23.4 Å². The quantitative estimate of drug-likeness (QED) is 0.726. The molecule has 1 amide bonds. The van der Waals surface area contributed by atoms with Crippen molar-refractivity contribution in [2.24, 2.45) is 0 Å². The summed E-state index contributed by atoms with van der Waals surface area (Å²) in [5.74, 6) is 0.854. The molecule has 0 bridgehead atoms. The minimum atomic E-state index is 0.0835. The first-order chi connectivity index (χ1) is 11.6. The molecule has 0 atom stereocenters. The van der Waals surface area contributed by atoms with Crippen LogP contribution in [-0.4, -0.2) is 38.3 Å². The molecule has 0 aliphatic heterocycles. The third-order valence-electron chi connectivity index (χ3n) is 3.80. The number of amides is 1. The van der Waals surface area contributed by atoms with Gasteiger partial charge in [0, 0.05) is 12.2 Å². The average molecular weight is 364 g/mol. The zero-order valence-corrected chi connectivity index (χ0v) is 15.7. The van der Waals surface area contributed by atoms with E-state index in [1.165, 1.54) is 23.1 Å². The Bertz CT molecular complexity index is 766. The van der Waals surface area contributed by atoms with E-state index in [0.717, 1.165) is 40.5 Å². The van der Waals surface area contributed by atoms with Gasteiger partial charge in [-0.2, -0.15) is 0 Å². The zero-order chi connectivity index (χ0) is 17.1. The molecule has 0 saturated carbocycles. The molecule has 1 aliphatic carbocycles. The van der Waals surface area contributed by atoms with Crippen LogP contribution in [0.2, 0.25) is 0 Å². The van der Waals surface area contributed by atoms with Gasteiger partial charge in [-0.1, -0.05) is 17.8 Å². The van der Waals surface area contributed by atoms with Gasteiger partial charge >= 0.3 is 0 Å². The Balaban J connectivity index is 1.63. The van der Waals surface area contributed by atoms with E-state index >= 15 is 0 Å². The van der Waals surface area contributed by atoms with Crippen molar-refractivity contribution in [1.82, 2.24) is 20.1 Å². The van der Waals surface area contributed by atoms with Crippen molar-refractivity contribution in [3.8, 4) is 10.8 Å². The summed E-state index contributed by atoms with van der Waals surface area (Å²) < 4.78 is 5.68. The molecule has 0 unspecified atom stereocenters. The molecule has 2 aromatic rings. The minimum Gasteiger partial charge on any atom is -0.410 e. The molecule has 6 nitrogen and oxygen atoms in total. The molecule has 8 heteroatoms. The summed E-state index contributed by atoms with van der Waals surface area (Å²) in [7, 11) is 0. The second-order valence-electron chi connectivity index (χ2n) is 5.53. The van der Waals surface area contributed by atoms with Crippen LogP contribution in [0.15, 0.2) is 21.4 Å². The first kappa shape index (κ1) is 17.2. The molecule has 3 rings (SSSR count). The Labute approximate surface area is 149 Å². The molecular weight excluding hydrogens is 344 g/mol. The topological polar surface area (TPSA) is 72.1 Å². The third kappa shape index (κ3) is 3.70. The van der Waals surface area contributed by atoms with E-state index in [1.54, 1.807) is 0 Å². The van der Waals surface area contributed by atoms with E-state index in [9.17, 15) is 4.79 Å². The van der Waals surface area contributed by atoms with Crippen LogP contribution in [0.25, 0.3) is 10.8 Å². The van der Waals surface area contributed by atoms with Crippen LogP contribution in [0.5, 0.6) is 0 Å². The van der Waals surface area contributed by atoms with Gasteiger partial charge in [0.15, 0.2) is 0 Å². The molecule has 0 spiro atoms. The lowest BCUT2D eigenvalue weighted by Gasteiger charge is -2.21. The lowest BCUT2D eigenvalue weighted by molar-refractivity contribution is -0.126. The third-order valence-corrected chi connectivity index (χ3v) is 5.67. The normalized spacial score (nSPS) is 14.0. The highest BCUT2D eigenvalue weighted by atomic mass is 32.2. The highest BCUT2D eigenvalue weighted by Crippen LogP contribution is 2.31. The van der Waals surface area contributed by atoms with Crippen molar-refractivity contribution < 1.29 is 9.21 Å². The van der Waals surface area contributed by atoms with Crippen molar-refractivity contribution in [2.45, 2.75) is 45.3 Å². The van der Waals surface area contributed by atoms with E-state index in [2.05, 4.69) is 21.3 Å². The fourth-order valence-corrected chi connectivity index (χ4v) is 4.21. The van der Waals surface area contributed by atoms with Crippen LogP contribution in [0.1, 0.15) is 36.9 Å². The number of rotatable bonds is 6. The van der Waals surface area contributed by atoms with Crippen LogP contribution in [0.4, 0.5) is 0 Å². The second-order valence-corrected chi connectivity index (χ2v) is 7.66. The van der Waals surface area contributed by atoms with Crippen molar-refractivity contribution in [2.75, 3.05) is 12.3 Å². The van der Waals surface area contributed by atoms with Crippen molar-refractivity contribution in [1.29, 1.82) is 0 Å². The van der Waals surface area contributed by atoms with Gasteiger partial charge in [0.2, 0.25) is 5.91 Å². The highest BCUT2D eigenvalue weighted by Gasteiger charge is 2.20. The molecule has 128 valence electrons. The van der Waals surface area contributed by atoms with Crippen LogP contribution in [0.3, 0.4) is 0 Å². The maximum atomic E-state index is 12.4. The lowest BCUT2D eigenvalue weighted by atomic mass is 10.3. The fraction of sp³-hybridized carbons (Fsp3) is 0.500. The number of thioether (sulfide) groups is 1. The number of hydrogen-bond acceptors (Lipinski definition) is 7. The Hall–Kier alpha value is -1.67. The summed E-state index contributed by atoms with van der Waals surface area (Å²) in [6, 6.07) is 0. The van der Waals surface area contributed by atoms with Crippen LogP contribution in [0, 0.1) is 13.8 Å². The summed E-state index contributed by atoms with van der Waals surface area (Å²) in [6.45, 7) is 6.57. The van der Waals surface area contributed by atoms with E-state index < -0.39 is 0 Å². The Morgan fingerprint density at radius 2 is 2.25 bits per heavy atom. The molecule has 24 heavy (non-hydrogen) atoms. The van der Waals surface area contributed by atoms with Crippen LogP contribution in [-0.2, 0) is 4.79 Å². The molecule has 0 radical (unpaired) electrons. The number of hydrogen-bond donors (Lipinski definition) is 0. The molecule has 0 N–H and O–H groups in total. The van der Waals surface area contributed by atoms with Gasteiger partial charge in [-0.3, -0.25) is 4.79 Å². The van der Waals surface area contributed by atoms with Gasteiger partial charge in [0.1, 0.15) is 4.88 Å². The summed E-state index contributed by atoms with van der Waals surface area (Å²) in [5.41, 5.74) is 2.03. The maximum absolute atomic E-state index is 12.4. The van der Waals surface area contributed by atoms with Gasteiger partial charge < -0.3 is 9.32 Å². The number of aryl methyl sites for hydroxylation is 2. The van der Waals surface area contributed by atoms with Gasteiger partial charge in [0.05, 0.1) is 16.5 Å². The predicted molar refractivity (Wildman–Crippen MR) is 94.9 cm³/mol. The maximum Gasteiger partial charge on any atom is 0.277 e. The van der Waals surface area contributed by atoms with Crippen LogP contribution < -0.4 is 0 Å². The number of thiazole rings is 1. The number of carbonyl (C=O) groups is 1. The number of allylic oxidation sites excluding steroid dienone is 2. The van der Waals surface area contributed by atoms with E-state index in [4.69, 9.17) is 4.42 Å². The molecular formula is C16H20N4O2S2. The van der Waals surface area contributed by atoms with Crippen LogP contribution >= 0.6 is 23.1 Å². The monoisotopic (exact) mass is 364 g/mol. The summed E-state index contributed by atoms with van der Waals surface area (Å²) >= 11 is 2.82. The molecule has 0 saturated heterocycles. The number of nitrogens with zero attached hydrogens (tertiary/aromatic N) is 4. The summed E-state index contributed by atoms with van der Waals surface area (Å²) in [4.78, 5) is 19.5. The molecule has 2 heterocycles. The van der Waals surface area contributed by atoms with Gasteiger partial charge in [-0.25, -0.2) is 4.98 Å². The van der Waals surface area contributed by atoms with Crippen molar-refractivity contribution >= 4 is 29.0 Å². The molecule has 1 aliphatic rings. The van der Waals surface area contributed by atoms with Gasteiger partial charge in [-0.05, 0) is 40.0 Å². The van der Waals surface area contributed by atoms with Crippen molar-refractivity contribution in [3.63, 3.8) is 0 Å². The first-order valence-electron chi connectivity index (χ1n) is 7.98. The lowest BCUT2D eigenvalue weighted by Crippen LogP contribution is -2.31. The first-order valence-corrected chi connectivity index (χ1v) is 9.78. The number of carbonyl (C=O) groups excluding carboxylic acids is 1. The van der Waals surface area contributed by atoms with E-state index in [-0.39, 0.29) is 5.91 Å². The Kier molecular flexibility index (Phi) is 5.35. The standard InChI is InChI=1S/C16H20N4O2S2/c1-4-20(12-7-5-6-8-12)13(21)9-23-16-19-18-15(22-16)14-10(2)17-11(3)24-14/h7H,4-6,8-9H2,1-3H3. The SMILES string of the molecule is CCN(C(=O)CSc1nnc(-c2sc(C)nc2C)o1)C1=CCCC1. The van der Waals surface area contributed by atoms with Crippen molar-refractivity contribution in [3.05, 3.63) is 22.5 Å². The largest absolute Gasteiger partial charge is 0.410 e. The smallest absolute Gasteiger partial charge is 0.277 e. The average Bonchev–Trinajstić information content (AvgIpc) is 3.27. The summed E-state index contributed by atoms with van der Waals surface area (Å²) in [6.07, 6.45) is 5.34. The fourth-order valence-electron chi connectivity index (χ4n) is 2.73. The summed E-state index contributed by atoms with van der Waals surface area (Å²) in [5, 5.41) is 9.50. The Morgan fingerprint density at radius 3 is 2.88 bits per heavy atom.